The van der Waals surface area contributed by atoms with Crippen molar-refractivity contribution in [1.82, 2.24) is 0 Å². The normalized spacial score (nSPS) is 15.0. The van der Waals surface area contributed by atoms with E-state index in [2.05, 4.69) is 9.62 Å². The number of nitrogens with zero attached hydrogens (tertiary/aromatic N) is 1. The zero-order valence-corrected chi connectivity index (χ0v) is 14.9. The van der Waals surface area contributed by atoms with E-state index in [1.807, 2.05) is 12.1 Å². The predicted molar refractivity (Wildman–Crippen MR) is 96.3 cm³/mol. The topological polar surface area (TPSA) is 58.6 Å². The van der Waals surface area contributed by atoms with Crippen LogP contribution in [-0.2, 0) is 10.0 Å². The standard InChI is InChI=1S/C18H21FN2O3S/c1-24-18-10-9-16(13-17(18)19)25(22,23)20-14-5-7-15(8-6-14)21-11-3-2-4-12-21/h5-10,13,20H,2-4,11-12H2,1H3. The molecule has 3 rings (SSSR count). The molecule has 2 aromatic carbocycles. The highest BCUT2D eigenvalue weighted by atomic mass is 32.2. The molecule has 0 aliphatic carbocycles. The summed E-state index contributed by atoms with van der Waals surface area (Å²) >= 11 is 0. The zero-order chi connectivity index (χ0) is 17.9. The fourth-order valence-corrected chi connectivity index (χ4v) is 3.99. The molecule has 2 aromatic rings. The van der Waals surface area contributed by atoms with Gasteiger partial charge in [-0.15, -0.1) is 0 Å². The van der Waals surface area contributed by atoms with Crippen molar-refractivity contribution < 1.29 is 17.5 Å². The Kier molecular flexibility index (Phi) is 5.13. The lowest BCUT2D eigenvalue weighted by Gasteiger charge is -2.28. The van der Waals surface area contributed by atoms with E-state index < -0.39 is 15.8 Å². The number of anilines is 2. The van der Waals surface area contributed by atoms with Gasteiger partial charge in [0, 0.05) is 24.5 Å². The zero-order valence-electron chi connectivity index (χ0n) is 14.0. The van der Waals surface area contributed by atoms with Crippen LogP contribution in [0.2, 0.25) is 0 Å². The SMILES string of the molecule is COc1ccc(S(=O)(=O)Nc2ccc(N3CCCCC3)cc2)cc1F. The first-order chi connectivity index (χ1) is 12.0. The van der Waals surface area contributed by atoms with Crippen molar-refractivity contribution in [3.8, 4) is 5.75 Å². The molecule has 1 saturated heterocycles. The Labute approximate surface area is 147 Å². The first kappa shape index (κ1) is 17.5. The van der Waals surface area contributed by atoms with Crippen molar-refractivity contribution in [3.05, 3.63) is 48.3 Å². The van der Waals surface area contributed by atoms with E-state index in [4.69, 9.17) is 4.74 Å². The third-order valence-corrected chi connectivity index (χ3v) is 5.65. The predicted octanol–water partition coefficient (Wildman–Crippen LogP) is 3.63. The first-order valence-electron chi connectivity index (χ1n) is 8.21. The highest BCUT2D eigenvalue weighted by Gasteiger charge is 2.17. The molecule has 7 heteroatoms. The summed E-state index contributed by atoms with van der Waals surface area (Å²) in [6.07, 6.45) is 3.61. The highest BCUT2D eigenvalue weighted by molar-refractivity contribution is 7.92. The fraction of sp³-hybridized carbons (Fsp3) is 0.333. The van der Waals surface area contributed by atoms with Crippen LogP contribution in [0.5, 0.6) is 5.75 Å². The fourth-order valence-electron chi connectivity index (χ4n) is 2.92. The lowest BCUT2D eigenvalue weighted by molar-refractivity contribution is 0.385. The Balaban J connectivity index is 1.75. The maximum atomic E-state index is 13.8. The van der Waals surface area contributed by atoms with Crippen molar-refractivity contribution >= 4 is 21.4 Å². The number of sulfonamides is 1. The number of hydrogen-bond acceptors (Lipinski definition) is 4. The number of ether oxygens (including phenoxy) is 1. The molecule has 0 unspecified atom stereocenters. The van der Waals surface area contributed by atoms with E-state index in [1.54, 1.807) is 12.1 Å². The molecule has 1 heterocycles. The van der Waals surface area contributed by atoms with Crippen molar-refractivity contribution in [1.29, 1.82) is 0 Å². The summed E-state index contributed by atoms with van der Waals surface area (Å²) in [7, 11) is -2.53. The minimum absolute atomic E-state index is 0.00448. The Morgan fingerprint density at radius 2 is 1.72 bits per heavy atom. The van der Waals surface area contributed by atoms with Gasteiger partial charge in [0.1, 0.15) is 0 Å². The van der Waals surface area contributed by atoms with Crippen LogP contribution < -0.4 is 14.4 Å². The van der Waals surface area contributed by atoms with Crippen LogP contribution in [0, 0.1) is 5.82 Å². The smallest absolute Gasteiger partial charge is 0.262 e. The third kappa shape index (κ3) is 4.04. The molecule has 134 valence electrons. The average molecular weight is 364 g/mol. The molecule has 1 aliphatic rings. The molecule has 25 heavy (non-hydrogen) atoms. The van der Waals surface area contributed by atoms with Crippen LogP contribution in [0.3, 0.4) is 0 Å². The molecule has 0 aromatic heterocycles. The van der Waals surface area contributed by atoms with E-state index in [0.717, 1.165) is 24.8 Å². The molecular formula is C18H21FN2O3S. The molecule has 0 saturated carbocycles. The van der Waals surface area contributed by atoms with Gasteiger partial charge in [-0.25, -0.2) is 12.8 Å². The molecule has 1 N–H and O–H groups in total. The van der Waals surface area contributed by atoms with E-state index in [0.29, 0.717) is 5.69 Å². The average Bonchev–Trinajstić information content (AvgIpc) is 2.62. The first-order valence-corrected chi connectivity index (χ1v) is 9.69. The van der Waals surface area contributed by atoms with Gasteiger partial charge in [0.15, 0.2) is 11.6 Å². The second-order valence-corrected chi connectivity index (χ2v) is 7.68. The molecule has 1 aliphatic heterocycles. The van der Waals surface area contributed by atoms with Gasteiger partial charge in [0.2, 0.25) is 0 Å². The van der Waals surface area contributed by atoms with Gasteiger partial charge in [-0.2, -0.15) is 0 Å². The van der Waals surface area contributed by atoms with Gasteiger partial charge < -0.3 is 9.64 Å². The number of nitrogens with one attached hydrogen (secondary N) is 1. The van der Waals surface area contributed by atoms with Gasteiger partial charge in [0.05, 0.1) is 12.0 Å². The monoisotopic (exact) mass is 364 g/mol. The highest BCUT2D eigenvalue weighted by Crippen LogP contribution is 2.25. The Morgan fingerprint density at radius 3 is 2.32 bits per heavy atom. The molecule has 0 atom stereocenters. The Morgan fingerprint density at radius 1 is 1.04 bits per heavy atom. The van der Waals surface area contributed by atoms with Crippen LogP contribution in [0.4, 0.5) is 15.8 Å². The second kappa shape index (κ2) is 7.31. The minimum Gasteiger partial charge on any atom is -0.494 e. The summed E-state index contributed by atoms with van der Waals surface area (Å²) in [5.41, 5.74) is 1.52. The van der Waals surface area contributed by atoms with E-state index in [9.17, 15) is 12.8 Å². The molecular weight excluding hydrogens is 343 g/mol. The van der Waals surface area contributed by atoms with Gasteiger partial charge in [0.25, 0.3) is 10.0 Å². The van der Waals surface area contributed by atoms with Crippen LogP contribution in [0.25, 0.3) is 0 Å². The maximum absolute atomic E-state index is 13.8. The summed E-state index contributed by atoms with van der Waals surface area (Å²) in [5.74, 6) is -0.712. The molecule has 0 radical (unpaired) electrons. The second-order valence-electron chi connectivity index (χ2n) is 6.00. The van der Waals surface area contributed by atoms with Crippen LogP contribution in [0.1, 0.15) is 19.3 Å². The summed E-state index contributed by atoms with van der Waals surface area (Å²) in [4.78, 5) is 2.14. The van der Waals surface area contributed by atoms with Gasteiger partial charge in [-0.05, 0) is 61.7 Å². The van der Waals surface area contributed by atoms with Gasteiger partial charge >= 0.3 is 0 Å². The van der Waals surface area contributed by atoms with E-state index in [1.165, 1.54) is 38.5 Å². The quantitative estimate of drug-likeness (QED) is 0.880. The number of hydrogen-bond donors (Lipinski definition) is 1. The van der Waals surface area contributed by atoms with Gasteiger partial charge in [-0.1, -0.05) is 0 Å². The molecule has 1 fully saturated rings. The summed E-state index contributed by atoms with van der Waals surface area (Å²) in [6.45, 7) is 2.05. The lowest BCUT2D eigenvalue weighted by Crippen LogP contribution is -2.29. The molecule has 0 bridgehead atoms. The summed E-state index contributed by atoms with van der Waals surface area (Å²) in [6, 6.07) is 10.8. The third-order valence-electron chi connectivity index (χ3n) is 4.27. The summed E-state index contributed by atoms with van der Waals surface area (Å²) < 4.78 is 45.9. The van der Waals surface area contributed by atoms with Crippen molar-refractivity contribution in [2.75, 3.05) is 29.8 Å². The molecule has 5 nitrogen and oxygen atoms in total. The molecule has 0 spiro atoms. The number of benzene rings is 2. The molecule has 0 amide bonds. The number of halogens is 1. The van der Waals surface area contributed by atoms with Crippen LogP contribution >= 0.6 is 0 Å². The maximum Gasteiger partial charge on any atom is 0.262 e. The number of rotatable bonds is 5. The number of methoxy groups -OCH3 is 1. The number of piperidine rings is 1. The Hall–Kier alpha value is -2.28. The van der Waals surface area contributed by atoms with Crippen molar-refractivity contribution in [2.24, 2.45) is 0 Å². The van der Waals surface area contributed by atoms with Gasteiger partial charge in [-0.3, -0.25) is 4.72 Å². The summed E-state index contributed by atoms with van der Waals surface area (Å²) in [5, 5.41) is 0. The van der Waals surface area contributed by atoms with Crippen molar-refractivity contribution in [3.63, 3.8) is 0 Å². The minimum atomic E-state index is -3.86. The van der Waals surface area contributed by atoms with Crippen molar-refractivity contribution in [2.45, 2.75) is 24.2 Å². The largest absolute Gasteiger partial charge is 0.494 e. The van der Waals surface area contributed by atoms with Crippen LogP contribution in [-0.4, -0.2) is 28.6 Å². The lowest BCUT2D eigenvalue weighted by atomic mass is 10.1. The Bertz CT molecular complexity index is 832. The van der Waals surface area contributed by atoms with E-state index >= 15 is 0 Å². The van der Waals surface area contributed by atoms with E-state index in [-0.39, 0.29) is 10.6 Å². The van der Waals surface area contributed by atoms with Crippen LogP contribution in [0.15, 0.2) is 47.4 Å².